The van der Waals surface area contributed by atoms with E-state index in [1.165, 1.54) is 7.11 Å². The lowest BCUT2D eigenvalue weighted by molar-refractivity contribution is 0.322. The number of aromatic nitrogens is 2. The summed E-state index contributed by atoms with van der Waals surface area (Å²) in [6.45, 7) is 1.91. The topological polar surface area (TPSA) is 71.8 Å². The molecule has 7 heteroatoms. The molecule has 26 heavy (non-hydrogen) atoms. The number of piperidine rings is 1. The molecule has 1 unspecified atom stereocenters. The number of para-hydroxylation sites is 1. The van der Waals surface area contributed by atoms with Gasteiger partial charge in [-0.3, -0.25) is 14.5 Å². The minimum Gasteiger partial charge on any atom is -0.491 e. The third-order valence-electron chi connectivity index (χ3n) is 5.00. The Kier molecular flexibility index (Phi) is 4.71. The summed E-state index contributed by atoms with van der Waals surface area (Å²) in [6, 6.07) is 9.93. The van der Waals surface area contributed by atoms with Crippen molar-refractivity contribution in [1.82, 2.24) is 15.1 Å². The highest BCUT2D eigenvalue weighted by atomic mass is 16.5. The first-order valence-electron chi connectivity index (χ1n) is 9.02. The predicted molar refractivity (Wildman–Crippen MR) is 101 cm³/mol. The Morgan fingerprint density at radius 3 is 2.69 bits per heavy atom. The minimum atomic E-state index is -0.215. The van der Waals surface area contributed by atoms with Gasteiger partial charge in [0.15, 0.2) is 5.75 Å². The largest absolute Gasteiger partial charge is 0.491 e. The molecular formula is C19H23N5O2. The summed E-state index contributed by atoms with van der Waals surface area (Å²) in [7, 11) is 1.54. The number of ether oxygens (including phenoxy) is 1. The average Bonchev–Trinajstić information content (AvgIpc) is 3.19. The van der Waals surface area contributed by atoms with Crippen molar-refractivity contribution in [3.8, 4) is 5.75 Å². The molecule has 4 rings (SSSR count). The van der Waals surface area contributed by atoms with Crippen LogP contribution in [0.2, 0.25) is 0 Å². The van der Waals surface area contributed by atoms with Gasteiger partial charge < -0.3 is 10.1 Å². The van der Waals surface area contributed by atoms with Gasteiger partial charge in [-0.25, -0.2) is 0 Å². The molecule has 2 aliphatic rings. The number of hydrogen-bond donors (Lipinski definition) is 1. The Bertz CT molecular complexity index is 843. The molecule has 0 spiro atoms. The van der Waals surface area contributed by atoms with Gasteiger partial charge in [0.2, 0.25) is 5.43 Å². The van der Waals surface area contributed by atoms with Gasteiger partial charge in [-0.2, -0.15) is 10.2 Å². The van der Waals surface area contributed by atoms with E-state index in [2.05, 4.69) is 10.4 Å². The fraction of sp³-hybridized carbons (Fsp3) is 0.421. The van der Waals surface area contributed by atoms with Gasteiger partial charge in [0.25, 0.3) is 0 Å². The summed E-state index contributed by atoms with van der Waals surface area (Å²) >= 11 is 0. The molecule has 7 nitrogen and oxygen atoms in total. The molecule has 0 bridgehead atoms. The van der Waals surface area contributed by atoms with Crippen LogP contribution >= 0.6 is 0 Å². The van der Waals surface area contributed by atoms with Crippen molar-refractivity contribution in [2.75, 3.05) is 25.2 Å². The zero-order valence-electron chi connectivity index (χ0n) is 14.8. The molecule has 2 aliphatic heterocycles. The SMILES string of the molecule is COc1cn(C2CCNCC2)nc(C2CC=NN2c2ccccc2)c1=O. The number of hydrazone groups is 1. The van der Waals surface area contributed by atoms with Gasteiger partial charge in [-0.15, -0.1) is 0 Å². The van der Waals surface area contributed by atoms with Crippen molar-refractivity contribution in [2.45, 2.75) is 31.3 Å². The first-order valence-corrected chi connectivity index (χ1v) is 9.02. The van der Waals surface area contributed by atoms with Crippen molar-refractivity contribution in [1.29, 1.82) is 0 Å². The third-order valence-corrected chi connectivity index (χ3v) is 5.00. The van der Waals surface area contributed by atoms with E-state index in [1.54, 1.807) is 6.20 Å². The minimum absolute atomic E-state index is 0.158. The number of hydrogen-bond acceptors (Lipinski definition) is 6. The number of methoxy groups -OCH3 is 1. The number of nitrogens with one attached hydrogen (secondary N) is 1. The van der Waals surface area contributed by atoms with Crippen molar-refractivity contribution in [3.05, 3.63) is 52.4 Å². The fourth-order valence-electron chi connectivity index (χ4n) is 3.60. The molecule has 1 N–H and O–H groups in total. The van der Waals surface area contributed by atoms with Crippen LogP contribution in [0.1, 0.15) is 37.0 Å². The van der Waals surface area contributed by atoms with Crippen molar-refractivity contribution < 1.29 is 4.74 Å². The van der Waals surface area contributed by atoms with Crippen LogP contribution in [0.3, 0.4) is 0 Å². The van der Waals surface area contributed by atoms with Gasteiger partial charge in [0.05, 0.1) is 25.0 Å². The molecule has 1 aromatic carbocycles. The summed E-state index contributed by atoms with van der Waals surface area (Å²) in [5.74, 6) is 0.341. The van der Waals surface area contributed by atoms with E-state index in [4.69, 9.17) is 9.84 Å². The van der Waals surface area contributed by atoms with Gasteiger partial charge in [-0.1, -0.05) is 18.2 Å². The molecule has 0 saturated carbocycles. The molecule has 0 amide bonds. The van der Waals surface area contributed by atoms with Crippen molar-refractivity contribution >= 4 is 11.9 Å². The normalized spacial score (nSPS) is 20.5. The highest BCUT2D eigenvalue weighted by molar-refractivity contribution is 5.67. The maximum absolute atomic E-state index is 12.9. The van der Waals surface area contributed by atoms with Gasteiger partial charge in [-0.05, 0) is 38.1 Å². The molecule has 3 heterocycles. The molecule has 0 aliphatic carbocycles. The van der Waals surface area contributed by atoms with Crippen molar-refractivity contribution in [2.24, 2.45) is 5.10 Å². The number of benzene rings is 1. The van der Waals surface area contributed by atoms with Crippen LogP contribution in [0.4, 0.5) is 5.69 Å². The average molecular weight is 353 g/mol. The van der Waals surface area contributed by atoms with Gasteiger partial charge in [0.1, 0.15) is 11.7 Å². The van der Waals surface area contributed by atoms with Crippen LogP contribution in [-0.2, 0) is 0 Å². The van der Waals surface area contributed by atoms with E-state index in [1.807, 2.05) is 46.2 Å². The standard InChI is InChI=1S/C19H23N5O2/c1-26-17-13-23(14-7-10-20-11-8-14)22-18(19(17)25)16-9-12-21-24(16)15-5-3-2-4-6-15/h2-6,12-14,16,20H,7-11H2,1H3. The summed E-state index contributed by atoms with van der Waals surface area (Å²) in [6.07, 6.45) is 6.21. The summed E-state index contributed by atoms with van der Waals surface area (Å²) < 4.78 is 7.28. The summed E-state index contributed by atoms with van der Waals surface area (Å²) in [5.41, 5.74) is 1.28. The summed E-state index contributed by atoms with van der Waals surface area (Å²) in [5, 5.41) is 14.4. The quantitative estimate of drug-likeness (QED) is 0.911. The number of nitrogens with zero attached hydrogens (tertiary/aromatic N) is 4. The van der Waals surface area contributed by atoms with Crippen LogP contribution in [0.25, 0.3) is 0 Å². The molecule has 1 atom stereocenters. The van der Waals surface area contributed by atoms with E-state index in [0.717, 1.165) is 31.6 Å². The second-order valence-corrected chi connectivity index (χ2v) is 6.60. The monoisotopic (exact) mass is 353 g/mol. The van der Waals surface area contributed by atoms with E-state index in [0.29, 0.717) is 17.9 Å². The molecule has 2 aromatic rings. The second kappa shape index (κ2) is 7.29. The Hall–Kier alpha value is -2.67. The lowest BCUT2D eigenvalue weighted by Crippen LogP contribution is -2.33. The van der Waals surface area contributed by atoms with Crippen LogP contribution in [0.15, 0.2) is 46.4 Å². The van der Waals surface area contributed by atoms with Crippen LogP contribution in [0.5, 0.6) is 5.75 Å². The Labute approximate surface area is 152 Å². The molecule has 1 fully saturated rings. The Morgan fingerprint density at radius 1 is 1.19 bits per heavy atom. The number of rotatable bonds is 4. The van der Waals surface area contributed by atoms with E-state index in [9.17, 15) is 4.79 Å². The van der Waals surface area contributed by atoms with Crippen LogP contribution in [-0.4, -0.2) is 36.2 Å². The highest BCUT2D eigenvalue weighted by Gasteiger charge is 2.30. The van der Waals surface area contributed by atoms with Crippen LogP contribution < -0.4 is 20.5 Å². The first kappa shape index (κ1) is 16.8. The fourth-order valence-corrected chi connectivity index (χ4v) is 3.60. The van der Waals surface area contributed by atoms with E-state index >= 15 is 0 Å². The van der Waals surface area contributed by atoms with Crippen LogP contribution in [0, 0.1) is 0 Å². The zero-order valence-corrected chi connectivity index (χ0v) is 14.8. The maximum atomic E-state index is 12.9. The second-order valence-electron chi connectivity index (χ2n) is 6.60. The smallest absolute Gasteiger partial charge is 0.247 e. The van der Waals surface area contributed by atoms with Crippen molar-refractivity contribution in [3.63, 3.8) is 0 Å². The van der Waals surface area contributed by atoms with Gasteiger partial charge >= 0.3 is 0 Å². The first-order chi connectivity index (χ1) is 12.8. The Balaban J connectivity index is 1.74. The molecule has 1 aromatic heterocycles. The lowest BCUT2D eigenvalue weighted by Gasteiger charge is -2.27. The molecular weight excluding hydrogens is 330 g/mol. The predicted octanol–water partition coefficient (Wildman–Crippen LogP) is 2.11. The molecule has 1 saturated heterocycles. The number of anilines is 1. The van der Waals surface area contributed by atoms with E-state index in [-0.39, 0.29) is 17.5 Å². The van der Waals surface area contributed by atoms with Gasteiger partial charge in [0, 0.05) is 12.6 Å². The maximum Gasteiger partial charge on any atom is 0.247 e. The molecule has 0 radical (unpaired) electrons. The summed E-state index contributed by atoms with van der Waals surface area (Å²) in [4.78, 5) is 12.9. The third kappa shape index (κ3) is 3.10. The van der Waals surface area contributed by atoms with E-state index < -0.39 is 0 Å². The zero-order chi connectivity index (χ0) is 17.9. The molecule has 136 valence electrons. The Morgan fingerprint density at radius 2 is 1.96 bits per heavy atom. The highest BCUT2D eigenvalue weighted by Crippen LogP contribution is 2.31. The lowest BCUT2D eigenvalue weighted by atomic mass is 10.1.